The van der Waals surface area contributed by atoms with E-state index in [1.807, 2.05) is 54.6 Å². The largest absolute Gasteiger partial charge is 0.497 e. The molecule has 0 radical (unpaired) electrons. The summed E-state index contributed by atoms with van der Waals surface area (Å²) in [5.41, 5.74) is -0.603. The van der Waals surface area contributed by atoms with Gasteiger partial charge in [0.15, 0.2) is 11.2 Å². The molecular formula is C29H31NO7. The van der Waals surface area contributed by atoms with Gasteiger partial charge in [0.2, 0.25) is 0 Å². The Bertz CT molecular complexity index is 1280. The number of carbonyl (C=O) groups excluding carboxylic acids is 1. The maximum atomic E-state index is 13.0. The molecule has 0 amide bonds. The molecule has 0 aromatic heterocycles. The minimum Gasteiger partial charge on any atom is -0.497 e. The number of methoxy groups -OCH3 is 4. The molecule has 1 heterocycles. The van der Waals surface area contributed by atoms with Crippen molar-refractivity contribution < 1.29 is 33.6 Å². The third kappa shape index (κ3) is 3.70. The number of esters is 1. The number of aliphatic hydroxyl groups is 1. The fraction of sp³-hybridized carbons (Fsp3) is 0.345. The molecule has 2 aliphatic rings. The van der Waals surface area contributed by atoms with Crippen molar-refractivity contribution in [1.82, 2.24) is 5.32 Å². The van der Waals surface area contributed by atoms with E-state index in [9.17, 15) is 9.90 Å². The fourth-order valence-electron chi connectivity index (χ4n) is 5.96. The van der Waals surface area contributed by atoms with Crippen molar-refractivity contribution >= 4 is 5.97 Å². The van der Waals surface area contributed by atoms with Crippen LogP contribution in [0.3, 0.4) is 0 Å². The lowest BCUT2D eigenvalue weighted by atomic mass is 9.71. The third-order valence-corrected chi connectivity index (χ3v) is 7.62. The van der Waals surface area contributed by atoms with E-state index in [0.29, 0.717) is 35.0 Å². The molecule has 37 heavy (non-hydrogen) atoms. The summed E-state index contributed by atoms with van der Waals surface area (Å²) in [7, 11) is 6.06. The number of fused-ring (bicyclic) bond motifs is 3. The molecule has 3 aromatic rings. The van der Waals surface area contributed by atoms with E-state index in [1.165, 1.54) is 7.11 Å². The van der Waals surface area contributed by atoms with Crippen LogP contribution in [0.25, 0.3) is 0 Å². The predicted molar refractivity (Wildman–Crippen MR) is 136 cm³/mol. The van der Waals surface area contributed by atoms with E-state index in [1.54, 1.807) is 33.5 Å². The summed E-state index contributed by atoms with van der Waals surface area (Å²) in [5, 5.41) is 16.2. The molecule has 0 saturated heterocycles. The molecule has 8 heteroatoms. The summed E-state index contributed by atoms with van der Waals surface area (Å²) in [5.74, 6) is 1.41. The molecule has 3 aromatic carbocycles. The minimum absolute atomic E-state index is 0.0719. The number of ether oxygens (including phenoxy) is 5. The molecule has 0 unspecified atom stereocenters. The van der Waals surface area contributed by atoms with E-state index in [4.69, 9.17) is 23.7 Å². The molecular weight excluding hydrogens is 474 g/mol. The van der Waals surface area contributed by atoms with Crippen molar-refractivity contribution in [3.05, 3.63) is 83.4 Å². The number of nitrogens with one attached hydrogen (secondary N) is 1. The molecule has 1 aliphatic carbocycles. The molecule has 194 valence electrons. The molecule has 1 saturated carbocycles. The van der Waals surface area contributed by atoms with E-state index in [2.05, 4.69) is 5.32 Å². The summed E-state index contributed by atoms with van der Waals surface area (Å²) in [4.78, 5) is 12.1. The maximum absolute atomic E-state index is 13.0. The highest BCUT2D eigenvalue weighted by molar-refractivity contribution is 5.71. The SMILES string of the molecule is COC(=O)CN[C@@H]1C[C@@H](c2ccccc2)[C@]2(c3ccc(OC)cc3)Oc3cc(OC)cc(OC)c3[C@]12O. The first kappa shape index (κ1) is 24.9. The number of hydrogen-bond donors (Lipinski definition) is 2. The van der Waals surface area contributed by atoms with Gasteiger partial charge in [-0.15, -0.1) is 0 Å². The van der Waals surface area contributed by atoms with Gasteiger partial charge in [-0.25, -0.2) is 0 Å². The van der Waals surface area contributed by atoms with Gasteiger partial charge in [-0.2, -0.15) is 0 Å². The van der Waals surface area contributed by atoms with Crippen LogP contribution in [0.15, 0.2) is 66.7 Å². The van der Waals surface area contributed by atoms with Crippen LogP contribution in [-0.4, -0.2) is 52.1 Å². The van der Waals surface area contributed by atoms with Gasteiger partial charge in [-0.3, -0.25) is 4.79 Å². The van der Waals surface area contributed by atoms with E-state index < -0.39 is 23.2 Å². The van der Waals surface area contributed by atoms with E-state index in [0.717, 1.165) is 11.1 Å². The second kappa shape index (κ2) is 9.61. The van der Waals surface area contributed by atoms with Crippen LogP contribution in [0.1, 0.15) is 29.0 Å². The first-order valence-corrected chi connectivity index (χ1v) is 12.1. The normalized spacial score (nSPS) is 25.5. The van der Waals surface area contributed by atoms with Gasteiger partial charge in [0.1, 0.15) is 23.0 Å². The topological polar surface area (TPSA) is 95.5 Å². The van der Waals surface area contributed by atoms with Crippen LogP contribution in [0, 0.1) is 0 Å². The molecule has 4 atom stereocenters. The van der Waals surface area contributed by atoms with E-state index in [-0.39, 0.29) is 12.5 Å². The average Bonchev–Trinajstić information content (AvgIpc) is 3.36. The van der Waals surface area contributed by atoms with Crippen LogP contribution in [0.2, 0.25) is 0 Å². The second-order valence-electron chi connectivity index (χ2n) is 9.24. The first-order valence-electron chi connectivity index (χ1n) is 12.1. The molecule has 1 aliphatic heterocycles. The predicted octanol–water partition coefficient (Wildman–Crippen LogP) is 3.51. The minimum atomic E-state index is -1.62. The highest BCUT2D eigenvalue weighted by Crippen LogP contribution is 2.68. The summed E-state index contributed by atoms with van der Waals surface area (Å²) in [6.45, 7) is -0.0719. The Morgan fingerprint density at radius 2 is 1.68 bits per heavy atom. The van der Waals surface area contributed by atoms with Crippen LogP contribution in [0.4, 0.5) is 0 Å². The fourth-order valence-corrected chi connectivity index (χ4v) is 5.96. The monoisotopic (exact) mass is 505 g/mol. The zero-order chi connectivity index (χ0) is 26.2. The van der Waals surface area contributed by atoms with Crippen molar-refractivity contribution in [3.8, 4) is 23.0 Å². The van der Waals surface area contributed by atoms with E-state index >= 15 is 0 Å². The summed E-state index contributed by atoms with van der Waals surface area (Å²) in [6, 6.07) is 20.4. The zero-order valence-corrected chi connectivity index (χ0v) is 21.3. The lowest BCUT2D eigenvalue weighted by molar-refractivity contribution is -0.141. The highest BCUT2D eigenvalue weighted by Gasteiger charge is 2.73. The summed E-state index contributed by atoms with van der Waals surface area (Å²) in [6.07, 6.45) is 0.484. The highest BCUT2D eigenvalue weighted by atomic mass is 16.5. The van der Waals surface area contributed by atoms with Gasteiger partial charge in [0.25, 0.3) is 0 Å². The number of carbonyl (C=O) groups is 1. The van der Waals surface area contributed by atoms with Crippen LogP contribution in [0.5, 0.6) is 23.0 Å². The van der Waals surface area contributed by atoms with Gasteiger partial charge < -0.3 is 34.1 Å². The molecule has 8 nitrogen and oxygen atoms in total. The Kier molecular flexibility index (Phi) is 6.47. The van der Waals surface area contributed by atoms with Gasteiger partial charge in [0.05, 0.1) is 40.5 Å². The lowest BCUT2D eigenvalue weighted by Gasteiger charge is -2.41. The Morgan fingerprint density at radius 1 is 0.973 bits per heavy atom. The first-order chi connectivity index (χ1) is 17.9. The maximum Gasteiger partial charge on any atom is 0.319 e. The van der Waals surface area contributed by atoms with Crippen molar-refractivity contribution in [1.29, 1.82) is 0 Å². The van der Waals surface area contributed by atoms with Gasteiger partial charge in [-0.1, -0.05) is 42.5 Å². The van der Waals surface area contributed by atoms with Crippen molar-refractivity contribution in [2.24, 2.45) is 0 Å². The molecule has 2 N–H and O–H groups in total. The Labute approximate surface area is 216 Å². The molecule has 5 rings (SSSR count). The molecule has 0 bridgehead atoms. The summed E-state index contributed by atoms with van der Waals surface area (Å²) >= 11 is 0. The standard InChI is InChI=1S/C29H31NO7/c1-33-20-12-10-19(11-13-20)29-22(18-8-6-5-7-9-18)16-25(30-17-26(31)36-4)28(29,32)27-23(35-3)14-21(34-2)15-24(27)37-29/h5-15,22,25,30,32H,16-17H2,1-4H3/t22-,25+,28+,29-/m0/s1. The van der Waals surface area contributed by atoms with Crippen molar-refractivity contribution in [2.45, 2.75) is 29.6 Å². The van der Waals surface area contributed by atoms with Crippen LogP contribution < -0.4 is 24.3 Å². The number of benzene rings is 3. The van der Waals surface area contributed by atoms with Crippen LogP contribution >= 0.6 is 0 Å². The van der Waals surface area contributed by atoms with Crippen LogP contribution in [-0.2, 0) is 20.7 Å². The van der Waals surface area contributed by atoms with Crippen molar-refractivity contribution in [3.63, 3.8) is 0 Å². The molecule has 1 fully saturated rings. The lowest BCUT2D eigenvalue weighted by Crippen LogP contribution is -2.56. The smallest absolute Gasteiger partial charge is 0.319 e. The number of hydrogen-bond acceptors (Lipinski definition) is 8. The Morgan fingerprint density at radius 3 is 2.30 bits per heavy atom. The zero-order valence-electron chi connectivity index (χ0n) is 21.3. The number of rotatable bonds is 8. The quantitative estimate of drug-likeness (QED) is 0.449. The Balaban J connectivity index is 1.78. The van der Waals surface area contributed by atoms with Gasteiger partial charge >= 0.3 is 5.97 Å². The Hall–Kier alpha value is -3.75. The third-order valence-electron chi connectivity index (χ3n) is 7.62. The van der Waals surface area contributed by atoms with Gasteiger partial charge in [0, 0.05) is 24.1 Å². The van der Waals surface area contributed by atoms with Crippen molar-refractivity contribution in [2.75, 3.05) is 35.0 Å². The average molecular weight is 506 g/mol. The summed E-state index contributed by atoms with van der Waals surface area (Å²) < 4.78 is 28.4. The molecule has 0 spiro atoms. The van der Waals surface area contributed by atoms with Gasteiger partial charge in [-0.05, 0) is 29.7 Å². The second-order valence-corrected chi connectivity index (χ2v) is 9.24.